The number of furan rings is 1. The number of para-hydroxylation sites is 2. The Morgan fingerprint density at radius 3 is 2.39 bits per heavy atom. The summed E-state index contributed by atoms with van der Waals surface area (Å²) in [5, 5.41) is 15.6. The molecule has 0 radical (unpaired) electrons. The molecule has 0 aliphatic rings. The SMILES string of the molecule is COc1ccccc1N(C(=O)Cn1nnc(-c2ccc(C)cc2)n1)[C@H](C(=O)NC(C)(C)C)c1ccc(C)o1. The molecule has 38 heavy (non-hydrogen) atoms. The Balaban J connectivity index is 1.76. The van der Waals surface area contributed by atoms with Gasteiger partial charge in [-0.2, -0.15) is 4.80 Å². The number of carbonyl (C=O) groups excluding carboxylic acids is 2. The first-order chi connectivity index (χ1) is 18.1. The maximum Gasteiger partial charge on any atom is 0.251 e. The van der Waals surface area contributed by atoms with E-state index < -0.39 is 23.4 Å². The van der Waals surface area contributed by atoms with Crippen molar-refractivity contribution in [2.75, 3.05) is 12.0 Å². The molecule has 198 valence electrons. The van der Waals surface area contributed by atoms with Crippen molar-refractivity contribution in [2.24, 2.45) is 0 Å². The van der Waals surface area contributed by atoms with Gasteiger partial charge in [-0.1, -0.05) is 42.0 Å². The average Bonchev–Trinajstić information content (AvgIpc) is 3.50. The van der Waals surface area contributed by atoms with Gasteiger partial charge in [0, 0.05) is 11.1 Å². The van der Waals surface area contributed by atoms with Crippen LogP contribution in [0.5, 0.6) is 5.75 Å². The van der Waals surface area contributed by atoms with Crippen LogP contribution < -0.4 is 15.0 Å². The van der Waals surface area contributed by atoms with Crippen LogP contribution in [0.15, 0.2) is 65.1 Å². The predicted octanol–water partition coefficient (Wildman–Crippen LogP) is 4.25. The number of tetrazole rings is 1. The molecular weight excluding hydrogens is 484 g/mol. The Morgan fingerprint density at radius 1 is 1.05 bits per heavy atom. The van der Waals surface area contributed by atoms with Crippen LogP contribution in [0.1, 0.15) is 43.9 Å². The third-order valence-electron chi connectivity index (χ3n) is 5.69. The van der Waals surface area contributed by atoms with Crippen molar-refractivity contribution in [3.8, 4) is 17.1 Å². The molecular formula is C28H32N6O4. The molecule has 0 bridgehead atoms. The van der Waals surface area contributed by atoms with E-state index in [1.54, 1.807) is 43.3 Å². The van der Waals surface area contributed by atoms with Gasteiger partial charge in [0.25, 0.3) is 11.8 Å². The van der Waals surface area contributed by atoms with E-state index in [0.29, 0.717) is 28.8 Å². The molecule has 0 saturated heterocycles. The molecule has 2 aromatic heterocycles. The number of aromatic nitrogens is 4. The molecule has 0 aliphatic carbocycles. The van der Waals surface area contributed by atoms with Crippen molar-refractivity contribution in [2.45, 2.75) is 52.7 Å². The van der Waals surface area contributed by atoms with Gasteiger partial charge in [0.1, 0.15) is 23.8 Å². The molecule has 2 amide bonds. The number of benzene rings is 2. The van der Waals surface area contributed by atoms with Gasteiger partial charge in [-0.25, -0.2) is 0 Å². The van der Waals surface area contributed by atoms with Gasteiger partial charge in [-0.05, 0) is 64.1 Å². The van der Waals surface area contributed by atoms with Crippen molar-refractivity contribution in [1.82, 2.24) is 25.5 Å². The fourth-order valence-electron chi connectivity index (χ4n) is 3.98. The van der Waals surface area contributed by atoms with Crippen LogP contribution in [0.4, 0.5) is 5.69 Å². The van der Waals surface area contributed by atoms with Crippen LogP contribution in [-0.4, -0.2) is 44.7 Å². The van der Waals surface area contributed by atoms with Gasteiger partial charge >= 0.3 is 0 Å². The molecule has 0 aliphatic heterocycles. The minimum Gasteiger partial charge on any atom is -0.495 e. The second-order valence-corrected chi connectivity index (χ2v) is 10.0. The lowest BCUT2D eigenvalue weighted by molar-refractivity contribution is -0.128. The first kappa shape index (κ1) is 26.6. The largest absolute Gasteiger partial charge is 0.495 e. The smallest absolute Gasteiger partial charge is 0.251 e. The van der Waals surface area contributed by atoms with Crippen molar-refractivity contribution < 1.29 is 18.7 Å². The van der Waals surface area contributed by atoms with Gasteiger partial charge < -0.3 is 14.5 Å². The van der Waals surface area contributed by atoms with E-state index in [0.717, 1.165) is 11.1 Å². The summed E-state index contributed by atoms with van der Waals surface area (Å²) in [7, 11) is 1.51. The molecule has 4 rings (SSSR count). The Morgan fingerprint density at radius 2 is 1.76 bits per heavy atom. The third-order valence-corrected chi connectivity index (χ3v) is 5.69. The van der Waals surface area contributed by atoms with Crippen LogP contribution in [0.25, 0.3) is 11.4 Å². The van der Waals surface area contributed by atoms with Gasteiger partial charge in [0.05, 0.1) is 12.8 Å². The summed E-state index contributed by atoms with van der Waals surface area (Å²) in [6.45, 7) is 9.12. The lowest BCUT2D eigenvalue weighted by Gasteiger charge is -2.33. The van der Waals surface area contributed by atoms with E-state index in [-0.39, 0.29) is 6.54 Å². The maximum absolute atomic E-state index is 14.0. The number of hydrogen-bond donors (Lipinski definition) is 1. The topological polar surface area (TPSA) is 115 Å². The zero-order valence-electron chi connectivity index (χ0n) is 22.4. The second-order valence-electron chi connectivity index (χ2n) is 10.0. The number of ether oxygens (including phenoxy) is 1. The highest BCUT2D eigenvalue weighted by Crippen LogP contribution is 2.36. The molecule has 0 spiro atoms. The van der Waals surface area contributed by atoms with Crippen LogP contribution in [0, 0.1) is 13.8 Å². The Kier molecular flexibility index (Phi) is 7.61. The summed E-state index contributed by atoms with van der Waals surface area (Å²) in [6.07, 6.45) is 0. The maximum atomic E-state index is 14.0. The highest BCUT2D eigenvalue weighted by atomic mass is 16.5. The number of aryl methyl sites for hydroxylation is 2. The lowest BCUT2D eigenvalue weighted by Crippen LogP contribution is -2.50. The monoisotopic (exact) mass is 516 g/mol. The van der Waals surface area contributed by atoms with E-state index in [1.807, 2.05) is 52.0 Å². The first-order valence-electron chi connectivity index (χ1n) is 12.2. The number of anilines is 1. The van der Waals surface area contributed by atoms with Crippen molar-refractivity contribution in [3.63, 3.8) is 0 Å². The summed E-state index contributed by atoms with van der Waals surface area (Å²) in [4.78, 5) is 30.3. The molecule has 10 heteroatoms. The van der Waals surface area contributed by atoms with E-state index in [1.165, 1.54) is 16.8 Å². The predicted molar refractivity (Wildman–Crippen MR) is 143 cm³/mol. The molecule has 0 fully saturated rings. The zero-order valence-corrected chi connectivity index (χ0v) is 22.4. The van der Waals surface area contributed by atoms with Crippen LogP contribution >= 0.6 is 0 Å². The number of nitrogens with one attached hydrogen (secondary N) is 1. The number of methoxy groups -OCH3 is 1. The van der Waals surface area contributed by atoms with E-state index in [4.69, 9.17) is 9.15 Å². The van der Waals surface area contributed by atoms with Crippen molar-refractivity contribution in [3.05, 3.63) is 77.7 Å². The van der Waals surface area contributed by atoms with Crippen LogP contribution in [0.3, 0.4) is 0 Å². The standard InChI is InChI=1S/C28H32N6O4/c1-18-11-14-20(15-12-18)26-30-32-33(31-26)17-24(35)34(21-9-7-8-10-22(21)37-6)25(23-16-13-19(2)38-23)27(36)29-28(3,4)5/h7-16,25H,17H2,1-6H3,(H,29,36)/t25-/m0/s1. The summed E-state index contributed by atoms with van der Waals surface area (Å²) in [5.74, 6) is 0.885. The van der Waals surface area contributed by atoms with Crippen molar-refractivity contribution in [1.29, 1.82) is 0 Å². The number of hydrogen-bond acceptors (Lipinski definition) is 7. The molecule has 1 atom stereocenters. The lowest BCUT2D eigenvalue weighted by atomic mass is 10.1. The van der Waals surface area contributed by atoms with Crippen molar-refractivity contribution >= 4 is 17.5 Å². The summed E-state index contributed by atoms with van der Waals surface area (Å²) < 4.78 is 11.4. The van der Waals surface area contributed by atoms with Gasteiger partial charge in [0.15, 0.2) is 6.04 Å². The van der Waals surface area contributed by atoms with Gasteiger partial charge in [-0.15, -0.1) is 10.2 Å². The number of amides is 2. The summed E-state index contributed by atoms with van der Waals surface area (Å²) in [6, 6.07) is 17.0. The molecule has 2 aromatic carbocycles. The molecule has 2 heterocycles. The average molecular weight is 517 g/mol. The van der Waals surface area contributed by atoms with Gasteiger partial charge in [-0.3, -0.25) is 14.5 Å². The summed E-state index contributed by atoms with van der Waals surface area (Å²) >= 11 is 0. The Hall–Kier alpha value is -4.47. The zero-order chi connectivity index (χ0) is 27.4. The molecule has 1 N–H and O–H groups in total. The van der Waals surface area contributed by atoms with E-state index in [2.05, 4.69) is 20.7 Å². The van der Waals surface area contributed by atoms with Crippen LogP contribution in [-0.2, 0) is 16.1 Å². The second kappa shape index (κ2) is 10.9. The van der Waals surface area contributed by atoms with E-state index in [9.17, 15) is 9.59 Å². The highest BCUT2D eigenvalue weighted by Gasteiger charge is 2.38. The fourth-order valence-corrected chi connectivity index (χ4v) is 3.98. The quantitative estimate of drug-likeness (QED) is 0.372. The number of carbonyl (C=O) groups is 2. The molecule has 0 saturated carbocycles. The normalized spacial score (nSPS) is 12.2. The minimum atomic E-state index is -1.12. The minimum absolute atomic E-state index is 0.268. The molecule has 0 unspecified atom stereocenters. The Labute approximate surface area is 221 Å². The van der Waals surface area contributed by atoms with Crippen LogP contribution in [0.2, 0.25) is 0 Å². The summed E-state index contributed by atoms with van der Waals surface area (Å²) in [5.41, 5.74) is 1.74. The first-order valence-corrected chi connectivity index (χ1v) is 12.2. The fraction of sp³-hybridized carbons (Fsp3) is 0.321. The van der Waals surface area contributed by atoms with Gasteiger partial charge in [0.2, 0.25) is 5.82 Å². The molecule has 10 nitrogen and oxygen atoms in total. The molecule has 4 aromatic rings. The number of rotatable bonds is 8. The number of nitrogens with zero attached hydrogens (tertiary/aromatic N) is 5. The highest BCUT2D eigenvalue weighted by molar-refractivity contribution is 6.02. The third kappa shape index (κ3) is 6.08. The van der Waals surface area contributed by atoms with E-state index >= 15 is 0 Å². The Bertz CT molecular complexity index is 1420.